The lowest BCUT2D eigenvalue weighted by Crippen LogP contribution is -2.49. The predicted molar refractivity (Wildman–Crippen MR) is 138 cm³/mol. The summed E-state index contributed by atoms with van der Waals surface area (Å²) in [5, 5.41) is 9.22. The second-order valence-electron chi connectivity index (χ2n) is 9.57. The number of carbonyl (C=O) groups excluding carboxylic acids is 1. The van der Waals surface area contributed by atoms with Crippen molar-refractivity contribution in [2.24, 2.45) is 0 Å². The van der Waals surface area contributed by atoms with Gasteiger partial charge in [0.25, 0.3) is 5.91 Å². The Balaban J connectivity index is 1.21. The Kier molecular flexibility index (Phi) is 6.93. The number of fused-ring (bicyclic) bond motifs is 2. The monoisotopic (exact) mass is 493 g/mol. The van der Waals surface area contributed by atoms with Gasteiger partial charge in [-0.3, -0.25) is 4.79 Å². The van der Waals surface area contributed by atoms with Crippen LogP contribution in [-0.4, -0.2) is 39.2 Å². The highest BCUT2D eigenvalue weighted by Crippen LogP contribution is 2.39. The number of amides is 1. The number of aromatic nitrogens is 2. The zero-order valence-electron chi connectivity index (χ0n) is 19.9. The number of carbonyl (C=O) groups is 1. The molecule has 0 N–H and O–H groups in total. The number of piperidine rings is 1. The number of benzene rings is 2. The van der Waals surface area contributed by atoms with Crippen LogP contribution in [0.5, 0.6) is 5.75 Å². The van der Waals surface area contributed by atoms with Gasteiger partial charge in [0.1, 0.15) is 16.9 Å². The van der Waals surface area contributed by atoms with Crippen molar-refractivity contribution in [2.45, 2.75) is 80.7 Å². The van der Waals surface area contributed by atoms with Crippen LogP contribution in [0.2, 0.25) is 0 Å². The molecule has 2 aliphatic rings. The van der Waals surface area contributed by atoms with Gasteiger partial charge < -0.3 is 9.64 Å². The van der Waals surface area contributed by atoms with Gasteiger partial charge in [-0.15, -0.1) is 10.2 Å². The highest BCUT2D eigenvalue weighted by atomic mass is 32.2. The molecule has 2 aromatic carbocycles. The first-order chi connectivity index (χ1) is 16.5. The van der Waals surface area contributed by atoms with E-state index in [1.54, 1.807) is 23.1 Å². The van der Waals surface area contributed by atoms with Crippen molar-refractivity contribution >= 4 is 29.0 Å². The molecule has 0 saturated carbocycles. The summed E-state index contributed by atoms with van der Waals surface area (Å²) in [5.41, 5.74) is 3.23. The van der Waals surface area contributed by atoms with Crippen molar-refractivity contribution in [3.63, 3.8) is 0 Å². The highest BCUT2D eigenvalue weighted by molar-refractivity contribution is 8.00. The largest absolute Gasteiger partial charge is 0.490 e. The number of rotatable bonds is 7. The molecule has 2 aliphatic heterocycles. The van der Waals surface area contributed by atoms with E-state index in [9.17, 15) is 4.79 Å². The van der Waals surface area contributed by atoms with Crippen LogP contribution in [0.4, 0.5) is 0 Å². The van der Waals surface area contributed by atoms with Gasteiger partial charge in [-0.2, -0.15) is 0 Å². The fourth-order valence-electron chi connectivity index (χ4n) is 5.17. The van der Waals surface area contributed by atoms with Crippen LogP contribution in [0.3, 0.4) is 0 Å². The Morgan fingerprint density at radius 3 is 2.44 bits per heavy atom. The van der Waals surface area contributed by atoms with Crippen LogP contribution < -0.4 is 4.74 Å². The van der Waals surface area contributed by atoms with Crippen molar-refractivity contribution in [3.05, 3.63) is 70.2 Å². The fraction of sp³-hybridized carbons (Fsp3) is 0.444. The maximum absolute atomic E-state index is 13.4. The zero-order chi connectivity index (χ0) is 23.7. The molecule has 0 spiro atoms. The van der Waals surface area contributed by atoms with Gasteiger partial charge in [0.05, 0.1) is 0 Å². The van der Waals surface area contributed by atoms with E-state index in [2.05, 4.69) is 59.3 Å². The lowest BCUT2D eigenvalue weighted by atomic mass is 9.97. The summed E-state index contributed by atoms with van der Waals surface area (Å²) >= 11 is 3.30. The first-order valence-corrected chi connectivity index (χ1v) is 13.9. The minimum atomic E-state index is 0.160. The SMILES string of the molecule is Cc1nnc(SCc2ccc(C(=O)N3C4CCC3CC(Oc3ccccc3C(C)C)C4)cc2)s1. The summed E-state index contributed by atoms with van der Waals surface area (Å²) in [7, 11) is 0. The Morgan fingerprint density at radius 2 is 1.79 bits per heavy atom. The topological polar surface area (TPSA) is 55.3 Å². The summed E-state index contributed by atoms with van der Waals surface area (Å²) in [6.07, 6.45) is 4.12. The van der Waals surface area contributed by atoms with Gasteiger partial charge in [-0.1, -0.05) is 67.3 Å². The molecule has 2 atom stereocenters. The number of ether oxygens (including phenoxy) is 1. The average molecular weight is 494 g/mol. The van der Waals surface area contributed by atoms with Gasteiger partial charge in [0, 0.05) is 36.2 Å². The molecule has 2 unspecified atom stereocenters. The fourth-order valence-corrected chi connectivity index (χ4v) is 6.95. The third kappa shape index (κ3) is 5.01. The molecule has 178 valence electrons. The lowest BCUT2D eigenvalue weighted by molar-refractivity contribution is 0.0356. The van der Waals surface area contributed by atoms with Gasteiger partial charge in [-0.25, -0.2) is 0 Å². The molecule has 1 aromatic heterocycles. The molecule has 3 heterocycles. The van der Waals surface area contributed by atoms with Gasteiger partial charge >= 0.3 is 0 Å². The number of hydrogen-bond donors (Lipinski definition) is 0. The summed E-state index contributed by atoms with van der Waals surface area (Å²) in [6, 6.07) is 17.0. The molecule has 2 saturated heterocycles. The van der Waals surface area contributed by atoms with Gasteiger partial charge in [0.15, 0.2) is 4.34 Å². The number of nitrogens with zero attached hydrogens (tertiary/aromatic N) is 3. The zero-order valence-corrected chi connectivity index (χ0v) is 21.6. The Hall–Kier alpha value is -2.38. The van der Waals surface area contributed by atoms with E-state index in [1.807, 2.05) is 25.1 Å². The van der Waals surface area contributed by atoms with E-state index >= 15 is 0 Å². The summed E-state index contributed by atoms with van der Waals surface area (Å²) in [5.74, 6) is 2.42. The van der Waals surface area contributed by atoms with Crippen LogP contribution in [0.15, 0.2) is 52.9 Å². The van der Waals surface area contributed by atoms with Crippen molar-refractivity contribution in [3.8, 4) is 5.75 Å². The van der Waals surface area contributed by atoms with E-state index in [1.165, 1.54) is 11.1 Å². The third-order valence-corrected chi connectivity index (χ3v) is 8.87. The quantitative estimate of drug-likeness (QED) is 0.353. The molecular formula is C27H31N3O2S2. The molecule has 7 heteroatoms. The first kappa shape index (κ1) is 23.4. The summed E-state index contributed by atoms with van der Waals surface area (Å²) in [6.45, 7) is 6.37. The van der Waals surface area contributed by atoms with Crippen molar-refractivity contribution in [1.29, 1.82) is 0 Å². The Labute approximate surface area is 209 Å². The van der Waals surface area contributed by atoms with Crippen molar-refractivity contribution < 1.29 is 9.53 Å². The molecule has 1 amide bonds. The molecule has 5 rings (SSSR count). The molecule has 0 aliphatic carbocycles. The molecule has 5 nitrogen and oxygen atoms in total. The van der Waals surface area contributed by atoms with Crippen LogP contribution in [0.25, 0.3) is 0 Å². The van der Waals surface area contributed by atoms with Gasteiger partial charge in [0.2, 0.25) is 0 Å². The van der Waals surface area contributed by atoms with E-state index in [0.29, 0.717) is 5.92 Å². The average Bonchev–Trinajstić information content (AvgIpc) is 3.37. The molecule has 2 fully saturated rings. The smallest absolute Gasteiger partial charge is 0.254 e. The molecule has 0 radical (unpaired) electrons. The normalized spacial score (nSPS) is 21.8. The second kappa shape index (κ2) is 10.1. The Morgan fingerprint density at radius 1 is 1.09 bits per heavy atom. The Bertz CT molecular complexity index is 1130. The number of para-hydroxylation sites is 1. The van der Waals surface area contributed by atoms with Gasteiger partial charge in [-0.05, 0) is 55.0 Å². The van der Waals surface area contributed by atoms with Crippen molar-refractivity contribution in [2.75, 3.05) is 0 Å². The molecule has 2 bridgehead atoms. The lowest BCUT2D eigenvalue weighted by Gasteiger charge is -2.39. The van der Waals surface area contributed by atoms with E-state index in [0.717, 1.165) is 52.1 Å². The minimum absolute atomic E-state index is 0.160. The van der Waals surface area contributed by atoms with Crippen LogP contribution in [0.1, 0.15) is 71.9 Å². The second-order valence-corrected chi connectivity index (χ2v) is 12.0. The maximum Gasteiger partial charge on any atom is 0.254 e. The summed E-state index contributed by atoms with van der Waals surface area (Å²) < 4.78 is 7.48. The molecular weight excluding hydrogens is 462 g/mol. The van der Waals surface area contributed by atoms with Crippen LogP contribution in [-0.2, 0) is 5.75 Å². The van der Waals surface area contributed by atoms with Crippen LogP contribution >= 0.6 is 23.1 Å². The molecule has 3 aromatic rings. The maximum atomic E-state index is 13.4. The minimum Gasteiger partial charge on any atom is -0.490 e. The number of hydrogen-bond acceptors (Lipinski definition) is 6. The standard InChI is InChI=1S/C27H31N3O2S2/c1-17(2)24-6-4-5-7-25(24)32-23-14-21-12-13-22(15-23)30(21)26(31)20-10-8-19(9-11-20)16-33-27-29-28-18(3)34-27/h4-11,17,21-23H,12-16H2,1-3H3. The highest BCUT2D eigenvalue weighted by Gasteiger charge is 2.44. The van der Waals surface area contributed by atoms with E-state index in [4.69, 9.17) is 4.74 Å². The number of thioether (sulfide) groups is 1. The third-order valence-electron chi connectivity index (χ3n) is 6.83. The predicted octanol–water partition coefficient (Wildman–Crippen LogP) is 6.48. The number of aryl methyl sites for hydroxylation is 1. The van der Waals surface area contributed by atoms with E-state index in [-0.39, 0.29) is 24.1 Å². The van der Waals surface area contributed by atoms with Crippen molar-refractivity contribution in [1.82, 2.24) is 15.1 Å². The first-order valence-electron chi connectivity index (χ1n) is 12.1. The summed E-state index contributed by atoms with van der Waals surface area (Å²) in [4.78, 5) is 15.6. The molecule has 34 heavy (non-hydrogen) atoms. The van der Waals surface area contributed by atoms with Crippen LogP contribution in [0, 0.1) is 6.92 Å². The van der Waals surface area contributed by atoms with E-state index < -0.39 is 0 Å².